The van der Waals surface area contributed by atoms with E-state index in [1.54, 1.807) is 0 Å². The Balaban J connectivity index is 1.90. The van der Waals surface area contributed by atoms with E-state index in [0.29, 0.717) is 0 Å². The lowest BCUT2D eigenvalue weighted by Gasteiger charge is -2.04. The van der Waals surface area contributed by atoms with Gasteiger partial charge in [0.1, 0.15) is 0 Å². The average Bonchev–Trinajstić information content (AvgIpc) is 3.25. The molecule has 4 nitrogen and oxygen atoms in total. The Hall–Kier alpha value is -2.62. The number of benzene rings is 2. The van der Waals surface area contributed by atoms with E-state index in [2.05, 4.69) is 95.0 Å². The molecular weight excluding hydrogens is 392 g/mol. The molecule has 0 aliphatic rings. The minimum Gasteiger partial charge on any atom is -0.227 e. The number of rotatable bonds is 11. The molecule has 0 bridgehead atoms. The molecule has 0 saturated heterocycles. The van der Waals surface area contributed by atoms with Crippen LogP contribution in [0.5, 0.6) is 0 Å². The summed E-state index contributed by atoms with van der Waals surface area (Å²) in [7, 11) is 4.47. The minimum atomic E-state index is 1.09. The largest absolute Gasteiger partial charge is 0.299 e. The van der Waals surface area contributed by atoms with Crippen LogP contribution in [0.1, 0.15) is 76.9 Å². The van der Waals surface area contributed by atoms with E-state index in [0.717, 1.165) is 12.8 Å². The van der Waals surface area contributed by atoms with Crippen molar-refractivity contribution in [3.63, 3.8) is 0 Å². The molecule has 2 aromatic carbocycles. The number of hydrogen-bond acceptors (Lipinski definition) is 0. The first-order chi connectivity index (χ1) is 15.7. The molecule has 0 atom stereocenters. The van der Waals surface area contributed by atoms with Crippen molar-refractivity contribution >= 4 is 22.1 Å². The van der Waals surface area contributed by atoms with E-state index in [9.17, 15) is 0 Å². The molecule has 0 amide bonds. The lowest BCUT2D eigenvalue weighted by atomic mass is 10.1. The number of aryl methyl sites for hydroxylation is 2. The summed E-state index contributed by atoms with van der Waals surface area (Å²) in [4.78, 5) is 0. The second-order valence-electron chi connectivity index (χ2n) is 9.17. The fraction of sp³-hybridized carbons (Fsp3) is 0.500. The van der Waals surface area contributed by atoms with Crippen LogP contribution < -0.4 is 9.13 Å². The highest BCUT2D eigenvalue weighted by molar-refractivity contribution is 5.76. The fourth-order valence-corrected chi connectivity index (χ4v) is 5.11. The van der Waals surface area contributed by atoms with Gasteiger partial charge in [-0.15, -0.1) is 0 Å². The van der Waals surface area contributed by atoms with Crippen molar-refractivity contribution in [3.8, 4) is 0 Å². The predicted octanol–water partition coefficient (Wildman–Crippen LogP) is 5.80. The lowest BCUT2D eigenvalue weighted by molar-refractivity contribution is -0.657. The summed E-state index contributed by atoms with van der Waals surface area (Å²) in [6.45, 7) is 4.57. The summed E-state index contributed by atoms with van der Waals surface area (Å²) in [5.41, 5.74) is 5.18. The van der Waals surface area contributed by atoms with Crippen LogP contribution in [0.15, 0.2) is 48.5 Å². The predicted molar refractivity (Wildman–Crippen MR) is 133 cm³/mol. The van der Waals surface area contributed by atoms with Crippen LogP contribution in [-0.4, -0.2) is 9.35 Å². The summed E-state index contributed by atoms with van der Waals surface area (Å²) in [6.07, 6.45) is 12.4. The van der Waals surface area contributed by atoms with Gasteiger partial charge in [0.05, 0.1) is 26.9 Å². The fourth-order valence-electron chi connectivity index (χ4n) is 5.11. The Kier molecular flexibility index (Phi) is 7.29. The van der Waals surface area contributed by atoms with Crippen LogP contribution in [0.25, 0.3) is 22.1 Å². The summed E-state index contributed by atoms with van der Waals surface area (Å²) in [5, 5.41) is 0. The van der Waals surface area contributed by atoms with Crippen molar-refractivity contribution in [3.05, 3.63) is 60.2 Å². The van der Waals surface area contributed by atoms with Crippen LogP contribution in [0.2, 0.25) is 0 Å². The Morgan fingerprint density at radius 3 is 1.38 bits per heavy atom. The zero-order chi connectivity index (χ0) is 22.5. The number of imidazole rings is 2. The molecule has 4 heteroatoms. The zero-order valence-corrected chi connectivity index (χ0v) is 20.5. The molecule has 0 saturated carbocycles. The standard InChI is InChI=1S/C28H40N4/c1-5-7-9-11-21-27-29(3)23-17-13-15-19-25(23)31(27)32-26-20-16-14-18-24(26)30(4)28(32)22-12-10-8-6-2/h13-20H,5-12,21-22H2,1-4H3/q+2. The number of nitrogens with zero attached hydrogens (tertiary/aromatic N) is 4. The third-order valence-corrected chi connectivity index (χ3v) is 6.91. The van der Waals surface area contributed by atoms with E-state index in [4.69, 9.17) is 0 Å². The summed E-state index contributed by atoms with van der Waals surface area (Å²) in [5.74, 6) is 2.77. The van der Waals surface area contributed by atoms with Crippen LogP contribution in [-0.2, 0) is 26.9 Å². The molecule has 0 unspecified atom stereocenters. The summed E-state index contributed by atoms with van der Waals surface area (Å²) in [6, 6.07) is 17.7. The average molecular weight is 433 g/mol. The molecule has 170 valence electrons. The molecule has 4 rings (SSSR count). The van der Waals surface area contributed by atoms with Crippen LogP contribution in [0, 0.1) is 0 Å². The van der Waals surface area contributed by atoms with Gasteiger partial charge in [-0.2, -0.15) is 0 Å². The van der Waals surface area contributed by atoms with E-state index < -0.39 is 0 Å². The first-order valence-corrected chi connectivity index (χ1v) is 12.7. The van der Waals surface area contributed by atoms with E-state index >= 15 is 0 Å². The van der Waals surface area contributed by atoms with Gasteiger partial charge in [-0.25, -0.2) is 9.13 Å². The maximum Gasteiger partial charge on any atom is 0.299 e. The Labute approximate surface area is 193 Å². The Bertz CT molecular complexity index is 1090. The van der Waals surface area contributed by atoms with E-state index in [1.165, 1.54) is 85.1 Å². The molecule has 2 aromatic heterocycles. The molecule has 0 N–H and O–H groups in total. The van der Waals surface area contributed by atoms with Crippen molar-refractivity contribution in [2.24, 2.45) is 14.1 Å². The van der Waals surface area contributed by atoms with Gasteiger partial charge in [-0.1, -0.05) is 76.6 Å². The van der Waals surface area contributed by atoms with Gasteiger partial charge in [0, 0.05) is 0 Å². The minimum absolute atomic E-state index is 1.09. The highest BCUT2D eigenvalue weighted by atomic mass is 15.5. The molecule has 0 aliphatic heterocycles. The van der Waals surface area contributed by atoms with Gasteiger partial charge < -0.3 is 0 Å². The number of para-hydroxylation sites is 4. The molecule has 0 aliphatic carbocycles. The number of hydrogen-bond donors (Lipinski definition) is 0. The SMILES string of the molecule is CCCCCCc1n(-n2c(CCCCCC)[n+](C)c3ccccc32)c2ccccc2[n+]1C. The van der Waals surface area contributed by atoms with E-state index in [1.807, 2.05) is 0 Å². The van der Waals surface area contributed by atoms with Crippen LogP contribution >= 0.6 is 0 Å². The maximum absolute atomic E-state index is 2.51. The van der Waals surface area contributed by atoms with Gasteiger partial charge in [0.15, 0.2) is 11.0 Å². The summed E-state index contributed by atoms with van der Waals surface area (Å²) < 4.78 is 9.85. The topological polar surface area (TPSA) is 17.6 Å². The normalized spacial score (nSPS) is 11.8. The summed E-state index contributed by atoms with van der Waals surface area (Å²) >= 11 is 0. The third kappa shape index (κ3) is 4.20. The highest BCUT2D eigenvalue weighted by Crippen LogP contribution is 2.23. The molecule has 2 heterocycles. The molecule has 0 fully saturated rings. The Morgan fingerprint density at radius 2 is 0.969 bits per heavy atom. The second kappa shape index (κ2) is 10.3. The van der Waals surface area contributed by atoms with Crippen molar-refractivity contribution in [1.29, 1.82) is 0 Å². The molecule has 0 spiro atoms. The number of aromatic nitrogens is 4. The van der Waals surface area contributed by atoms with Crippen LogP contribution in [0.4, 0.5) is 0 Å². The number of fused-ring (bicyclic) bond motifs is 2. The van der Waals surface area contributed by atoms with Gasteiger partial charge in [-0.05, 0) is 46.5 Å². The monoisotopic (exact) mass is 432 g/mol. The Morgan fingerprint density at radius 1 is 0.562 bits per heavy atom. The second-order valence-corrected chi connectivity index (χ2v) is 9.17. The van der Waals surface area contributed by atoms with Gasteiger partial charge in [0.2, 0.25) is 11.0 Å². The van der Waals surface area contributed by atoms with Crippen molar-refractivity contribution in [2.45, 2.75) is 78.1 Å². The van der Waals surface area contributed by atoms with Gasteiger partial charge >= 0.3 is 0 Å². The molecule has 4 aromatic rings. The lowest BCUT2D eigenvalue weighted by Crippen LogP contribution is -2.37. The quantitative estimate of drug-likeness (QED) is 0.210. The molecule has 32 heavy (non-hydrogen) atoms. The van der Waals surface area contributed by atoms with Gasteiger partial charge in [0.25, 0.3) is 11.6 Å². The molecular formula is C28H40N4+2. The first-order valence-electron chi connectivity index (χ1n) is 12.7. The van der Waals surface area contributed by atoms with Crippen molar-refractivity contribution < 1.29 is 9.13 Å². The maximum atomic E-state index is 2.51. The zero-order valence-electron chi connectivity index (χ0n) is 20.5. The first kappa shape index (κ1) is 22.6. The van der Waals surface area contributed by atoms with Crippen LogP contribution in [0.3, 0.4) is 0 Å². The van der Waals surface area contributed by atoms with Crippen molar-refractivity contribution in [1.82, 2.24) is 9.35 Å². The van der Waals surface area contributed by atoms with E-state index in [-0.39, 0.29) is 0 Å². The van der Waals surface area contributed by atoms with Gasteiger partial charge in [-0.3, -0.25) is 0 Å². The smallest absolute Gasteiger partial charge is 0.227 e. The third-order valence-electron chi connectivity index (χ3n) is 6.91. The number of unbranched alkanes of at least 4 members (excludes halogenated alkanes) is 6. The molecule has 0 radical (unpaired) electrons. The highest BCUT2D eigenvalue weighted by Gasteiger charge is 2.33. The van der Waals surface area contributed by atoms with Crippen molar-refractivity contribution in [2.75, 3.05) is 0 Å².